The molecule has 6 heteroatoms. The van der Waals surface area contributed by atoms with Gasteiger partial charge >= 0.3 is 13.7 Å². The van der Waals surface area contributed by atoms with E-state index in [9.17, 15) is 9.36 Å². The van der Waals surface area contributed by atoms with Crippen molar-refractivity contribution in [2.24, 2.45) is 0 Å². The zero-order valence-electron chi connectivity index (χ0n) is 7.79. The molecule has 1 unspecified atom stereocenters. The molecule has 0 radical (unpaired) electrons. The molecule has 1 atom stereocenters. The topological polar surface area (TPSA) is 52.6 Å². The van der Waals surface area contributed by atoms with E-state index in [1.807, 2.05) is 19.6 Å². The molecule has 0 amide bonds. The number of ether oxygens (including phenoxy) is 1. The van der Waals surface area contributed by atoms with Crippen LogP contribution in [0.15, 0.2) is 0 Å². The third-order valence-electron chi connectivity index (χ3n) is 0.774. The fourth-order valence-electron chi connectivity index (χ4n) is 0.462. The second kappa shape index (κ2) is 4.69. The maximum absolute atomic E-state index is 11.0. The van der Waals surface area contributed by atoms with Gasteiger partial charge < -0.3 is 4.74 Å². The standard InChI is InChI=1S/C6H14O4PSi/c1-5-9-6(7)11(8)10-12(2,3)4/h5H2,1-4H3/q+1. The van der Waals surface area contributed by atoms with Crippen LogP contribution in [0.1, 0.15) is 6.92 Å². The average Bonchev–Trinajstić information content (AvgIpc) is 1.84. The van der Waals surface area contributed by atoms with Crippen LogP contribution >= 0.6 is 8.03 Å². The Morgan fingerprint density at radius 1 is 1.42 bits per heavy atom. The summed E-state index contributed by atoms with van der Waals surface area (Å²) in [6.45, 7) is 7.48. The van der Waals surface area contributed by atoms with Gasteiger partial charge in [-0.1, -0.05) is 0 Å². The Hall–Kier alpha value is -0.253. The van der Waals surface area contributed by atoms with Gasteiger partial charge in [-0.2, -0.15) is 9.01 Å². The zero-order valence-corrected chi connectivity index (χ0v) is 9.68. The molecule has 0 bridgehead atoms. The van der Waals surface area contributed by atoms with Gasteiger partial charge in [0, 0.05) is 0 Å². The number of rotatable bonds is 4. The van der Waals surface area contributed by atoms with E-state index in [0.29, 0.717) is 0 Å². The van der Waals surface area contributed by atoms with E-state index in [4.69, 9.17) is 4.21 Å². The second-order valence-corrected chi connectivity index (χ2v) is 8.99. The second-order valence-electron chi connectivity index (χ2n) is 3.16. The Bertz CT molecular complexity index is 186. The van der Waals surface area contributed by atoms with Crippen molar-refractivity contribution < 1.29 is 18.3 Å². The number of carbonyl (C=O) groups excluding carboxylic acids is 1. The molecule has 0 saturated carbocycles. The molecule has 0 saturated heterocycles. The number of hydrogen-bond donors (Lipinski definition) is 0. The molecular weight excluding hydrogens is 195 g/mol. The largest absolute Gasteiger partial charge is 0.624 e. The first kappa shape index (κ1) is 11.7. The van der Waals surface area contributed by atoms with E-state index in [2.05, 4.69) is 4.74 Å². The van der Waals surface area contributed by atoms with Crippen LogP contribution in [0.4, 0.5) is 4.79 Å². The van der Waals surface area contributed by atoms with Crippen LogP contribution in [0.5, 0.6) is 0 Å². The van der Waals surface area contributed by atoms with E-state index in [1.54, 1.807) is 6.92 Å². The molecule has 0 aliphatic heterocycles. The van der Waals surface area contributed by atoms with Gasteiger partial charge in [0.15, 0.2) is 0 Å². The van der Waals surface area contributed by atoms with E-state index in [1.165, 1.54) is 0 Å². The molecule has 0 heterocycles. The maximum atomic E-state index is 11.0. The molecule has 0 N–H and O–H groups in total. The summed E-state index contributed by atoms with van der Waals surface area (Å²) in [5.41, 5.74) is -0.755. The monoisotopic (exact) mass is 209 g/mol. The van der Waals surface area contributed by atoms with Crippen LogP contribution < -0.4 is 0 Å². The fraction of sp³-hybridized carbons (Fsp3) is 0.833. The summed E-state index contributed by atoms with van der Waals surface area (Å²) in [6, 6.07) is 0. The zero-order chi connectivity index (χ0) is 9.78. The molecule has 0 aliphatic rings. The van der Waals surface area contributed by atoms with E-state index in [0.717, 1.165) is 0 Å². The summed E-state index contributed by atoms with van der Waals surface area (Å²) in [7, 11) is -4.18. The van der Waals surface area contributed by atoms with Gasteiger partial charge in [0.25, 0.3) is 8.32 Å². The molecule has 4 nitrogen and oxygen atoms in total. The van der Waals surface area contributed by atoms with Crippen LogP contribution in [0.25, 0.3) is 0 Å². The average molecular weight is 209 g/mol. The van der Waals surface area contributed by atoms with Gasteiger partial charge in [0.1, 0.15) is 0 Å². The molecular formula is C6H14O4PSi+. The van der Waals surface area contributed by atoms with Crippen molar-refractivity contribution in [3.05, 3.63) is 0 Å². The molecule has 12 heavy (non-hydrogen) atoms. The highest BCUT2D eigenvalue weighted by Gasteiger charge is 2.39. The van der Waals surface area contributed by atoms with Crippen LogP contribution in [0.2, 0.25) is 19.6 Å². The summed E-state index contributed by atoms with van der Waals surface area (Å²) >= 11 is 0. The van der Waals surface area contributed by atoms with Gasteiger partial charge in [-0.05, 0) is 31.1 Å². The smallest absolute Gasteiger partial charge is 0.426 e. The minimum Gasteiger partial charge on any atom is -0.426 e. The van der Waals surface area contributed by atoms with Gasteiger partial charge in [0.2, 0.25) is 0 Å². The Kier molecular flexibility index (Phi) is 4.60. The quantitative estimate of drug-likeness (QED) is 0.527. The first-order valence-corrected chi connectivity index (χ1v) is 8.28. The van der Waals surface area contributed by atoms with E-state index < -0.39 is 22.1 Å². The Labute approximate surface area is 74.2 Å². The third-order valence-corrected chi connectivity index (χ3v) is 4.06. The SMILES string of the molecule is CCOC(=O)[P+](=O)O[Si](C)(C)C. The molecule has 0 aromatic carbocycles. The Morgan fingerprint density at radius 3 is 2.25 bits per heavy atom. The number of carbonyl (C=O) groups is 1. The van der Waals surface area contributed by atoms with Crippen LogP contribution in [0, 0.1) is 0 Å². The van der Waals surface area contributed by atoms with E-state index in [-0.39, 0.29) is 6.61 Å². The molecule has 0 fully saturated rings. The highest BCUT2D eigenvalue weighted by molar-refractivity contribution is 7.59. The predicted octanol–water partition coefficient (Wildman–Crippen LogP) is 2.74. The fourth-order valence-corrected chi connectivity index (χ4v) is 2.98. The highest BCUT2D eigenvalue weighted by Crippen LogP contribution is 2.29. The first-order chi connectivity index (χ1) is 5.37. The van der Waals surface area contributed by atoms with Gasteiger partial charge in [-0.3, -0.25) is 0 Å². The highest BCUT2D eigenvalue weighted by atomic mass is 31.1. The first-order valence-electron chi connectivity index (χ1n) is 3.70. The molecule has 0 aromatic heterocycles. The lowest BCUT2D eigenvalue weighted by molar-refractivity contribution is 0.176. The lowest BCUT2D eigenvalue weighted by Crippen LogP contribution is -2.22. The van der Waals surface area contributed by atoms with Gasteiger partial charge in [-0.25, -0.2) is 0 Å². The summed E-state index contributed by atoms with van der Waals surface area (Å²) in [6.07, 6.45) is 0. The van der Waals surface area contributed by atoms with Crippen molar-refractivity contribution in [2.75, 3.05) is 6.61 Å². The molecule has 0 aromatic rings. The minimum atomic E-state index is -2.29. The van der Waals surface area contributed by atoms with Crippen molar-refractivity contribution in [2.45, 2.75) is 26.6 Å². The Morgan fingerprint density at radius 2 is 1.92 bits per heavy atom. The maximum Gasteiger partial charge on any atom is 0.624 e. The van der Waals surface area contributed by atoms with Crippen molar-refractivity contribution in [3.63, 3.8) is 0 Å². The lowest BCUT2D eigenvalue weighted by atomic mass is 10.9. The number of hydrogen-bond acceptors (Lipinski definition) is 4. The summed E-state index contributed by atoms with van der Waals surface area (Å²) < 4.78 is 20.6. The van der Waals surface area contributed by atoms with Crippen molar-refractivity contribution in [1.29, 1.82) is 0 Å². The molecule has 0 rings (SSSR count). The van der Waals surface area contributed by atoms with Crippen LogP contribution in [-0.4, -0.2) is 20.6 Å². The van der Waals surface area contributed by atoms with Crippen LogP contribution in [0.3, 0.4) is 0 Å². The summed E-state index contributed by atoms with van der Waals surface area (Å²) in [5.74, 6) is 0. The minimum absolute atomic E-state index is 0.231. The molecule has 0 aliphatic carbocycles. The van der Waals surface area contributed by atoms with Crippen LogP contribution in [-0.2, 0) is 13.5 Å². The Balaban J connectivity index is 3.97. The summed E-state index contributed by atoms with van der Waals surface area (Å²) in [4.78, 5) is 10.8. The van der Waals surface area contributed by atoms with Crippen molar-refractivity contribution in [1.82, 2.24) is 0 Å². The van der Waals surface area contributed by atoms with Gasteiger partial charge in [-0.15, -0.1) is 0 Å². The van der Waals surface area contributed by atoms with Gasteiger partial charge in [0.05, 0.1) is 6.61 Å². The third kappa shape index (κ3) is 5.40. The predicted molar refractivity (Wildman–Crippen MR) is 49.1 cm³/mol. The normalized spacial score (nSPS) is 12.5. The van der Waals surface area contributed by atoms with Crippen molar-refractivity contribution >= 4 is 22.1 Å². The molecule has 70 valence electrons. The molecule has 0 spiro atoms. The lowest BCUT2D eigenvalue weighted by Gasteiger charge is -2.04. The van der Waals surface area contributed by atoms with E-state index >= 15 is 0 Å². The summed E-state index contributed by atoms with van der Waals surface area (Å²) in [5, 5.41) is 0. The van der Waals surface area contributed by atoms with Crippen molar-refractivity contribution in [3.8, 4) is 0 Å².